The number of nitrogens with one attached hydrogen (secondary N) is 3. The van der Waals surface area contributed by atoms with E-state index in [4.69, 9.17) is 11.6 Å². The molecular weight excluding hydrogens is 504 g/mol. The minimum atomic E-state index is -3.87. The van der Waals surface area contributed by atoms with Crippen LogP contribution in [0.15, 0.2) is 59.5 Å². The van der Waals surface area contributed by atoms with E-state index in [9.17, 15) is 23.2 Å². The summed E-state index contributed by atoms with van der Waals surface area (Å²) in [6, 6.07) is 13.4. The predicted molar refractivity (Wildman–Crippen MR) is 140 cm³/mol. The van der Waals surface area contributed by atoms with Crippen LogP contribution in [0, 0.1) is 12.1 Å². The number of hydrogen-bond acceptors (Lipinski definition) is 6. The summed E-state index contributed by atoms with van der Waals surface area (Å²) in [5.74, 6) is -0.844. The summed E-state index contributed by atoms with van der Waals surface area (Å²) in [6.45, 7) is 1.93. The van der Waals surface area contributed by atoms with Crippen molar-refractivity contribution in [3.63, 3.8) is 0 Å². The molecule has 2 aromatic carbocycles. The minimum absolute atomic E-state index is 0.00748. The van der Waals surface area contributed by atoms with Gasteiger partial charge in [-0.15, -0.1) is 0 Å². The van der Waals surface area contributed by atoms with Crippen molar-refractivity contribution in [2.75, 3.05) is 5.48 Å². The Kier molecular flexibility index (Phi) is 6.11. The van der Waals surface area contributed by atoms with Crippen molar-refractivity contribution >= 4 is 44.1 Å². The molecule has 0 unspecified atom stereocenters. The second-order valence-electron chi connectivity index (χ2n) is 8.83. The molecule has 1 fully saturated rings. The van der Waals surface area contributed by atoms with Crippen molar-refractivity contribution < 1.29 is 13.2 Å². The Balaban J connectivity index is 1.80. The smallest absolute Gasteiger partial charge is 0.282 e. The fraction of sp³-hybridized carbons (Fsp3) is 0.200. The Morgan fingerprint density at radius 1 is 1.19 bits per heavy atom. The fourth-order valence-corrected chi connectivity index (χ4v) is 5.78. The van der Waals surface area contributed by atoms with Crippen molar-refractivity contribution in [1.82, 2.24) is 14.3 Å². The Morgan fingerprint density at radius 3 is 2.67 bits per heavy atom. The summed E-state index contributed by atoms with van der Waals surface area (Å²) in [5, 5.41) is 11.6. The number of pyridine rings is 1. The zero-order valence-corrected chi connectivity index (χ0v) is 20.7. The van der Waals surface area contributed by atoms with E-state index in [1.54, 1.807) is 34.9 Å². The molecule has 1 aliphatic rings. The van der Waals surface area contributed by atoms with Gasteiger partial charge in [0.2, 0.25) is 10.0 Å². The monoisotopic (exact) mass is 525 g/mol. The van der Waals surface area contributed by atoms with E-state index in [2.05, 4.69) is 9.71 Å². The lowest BCUT2D eigenvalue weighted by Gasteiger charge is -2.16. The third kappa shape index (κ3) is 4.39. The first-order valence-electron chi connectivity index (χ1n) is 11.2. The van der Waals surface area contributed by atoms with Gasteiger partial charge in [0, 0.05) is 45.5 Å². The topological polar surface area (TPSA) is 136 Å². The van der Waals surface area contributed by atoms with Crippen LogP contribution < -0.4 is 15.8 Å². The maximum Gasteiger partial charge on any atom is 0.282 e. The second kappa shape index (κ2) is 9.12. The highest BCUT2D eigenvalue weighted by atomic mass is 35.5. The number of aromatic amines is 1. The summed E-state index contributed by atoms with van der Waals surface area (Å²) >= 11 is 6.42. The summed E-state index contributed by atoms with van der Waals surface area (Å²) < 4.78 is 29.2. The first kappa shape index (κ1) is 24.1. The Morgan fingerprint density at radius 2 is 1.97 bits per heavy atom. The van der Waals surface area contributed by atoms with Crippen LogP contribution in [-0.2, 0) is 16.6 Å². The van der Waals surface area contributed by atoms with E-state index in [1.807, 2.05) is 24.5 Å². The Hall–Kier alpha value is -3.60. The molecule has 186 valence electrons. The van der Waals surface area contributed by atoms with Gasteiger partial charge in [0.25, 0.3) is 11.5 Å². The molecule has 5 rings (SSSR count). The van der Waals surface area contributed by atoms with Gasteiger partial charge in [-0.1, -0.05) is 23.2 Å². The summed E-state index contributed by atoms with van der Waals surface area (Å²) in [6.07, 6.45) is 2.45. The Bertz CT molecular complexity index is 1670. The van der Waals surface area contributed by atoms with E-state index in [0.29, 0.717) is 39.9 Å². The standard InChI is InChI=1S/C25H22ClN4O5S/c1-14-4-9-21-19(11-14)22(18-3-2-10-27-24(18)31)23(25(32)29-36(34,35)17-6-7-17)30(21)13-15-12-16(28-33)5-8-20(15)26/h2-5,8-12,17,28H,6-7,13H2,1H3,(H,27,31)(H,29,32)/q-1. The summed E-state index contributed by atoms with van der Waals surface area (Å²) in [5.41, 5.74) is 4.25. The average molecular weight is 526 g/mol. The number of anilines is 1. The molecule has 1 amide bonds. The highest BCUT2D eigenvalue weighted by Gasteiger charge is 2.38. The number of H-pyrrole nitrogens is 1. The fourth-order valence-electron chi connectivity index (χ4n) is 4.33. The zero-order chi connectivity index (χ0) is 25.6. The molecule has 0 saturated heterocycles. The highest BCUT2D eigenvalue weighted by molar-refractivity contribution is 7.91. The number of carbonyl (C=O) groups is 1. The van der Waals surface area contributed by atoms with Gasteiger partial charge < -0.3 is 20.2 Å². The van der Waals surface area contributed by atoms with Gasteiger partial charge in [0.05, 0.1) is 5.25 Å². The van der Waals surface area contributed by atoms with E-state index in [1.165, 1.54) is 12.3 Å². The maximum absolute atomic E-state index is 13.7. The summed E-state index contributed by atoms with van der Waals surface area (Å²) in [7, 11) is -3.87. The van der Waals surface area contributed by atoms with Crippen LogP contribution in [0.4, 0.5) is 5.69 Å². The summed E-state index contributed by atoms with van der Waals surface area (Å²) in [4.78, 5) is 29.1. The molecular formula is C25H22ClN4O5S-. The van der Waals surface area contributed by atoms with E-state index in [0.717, 1.165) is 5.56 Å². The molecule has 2 heterocycles. The zero-order valence-electron chi connectivity index (χ0n) is 19.2. The normalized spacial score (nSPS) is 13.6. The quantitative estimate of drug-likeness (QED) is 0.310. The molecule has 1 aliphatic carbocycles. The van der Waals surface area contributed by atoms with Crippen molar-refractivity contribution in [3.05, 3.63) is 92.1 Å². The third-order valence-electron chi connectivity index (χ3n) is 6.21. The minimum Gasteiger partial charge on any atom is -0.761 e. The van der Waals surface area contributed by atoms with Gasteiger partial charge in [-0.05, 0) is 67.8 Å². The van der Waals surface area contributed by atoms with E-state index >= 15 is 0 Å². The SMILES string of the molecule is Cc1ccc2c(c1)c(-c1ccc[nH]c1=O)c(C(=O)NS(=O)(=O)C1CC1)n2Cc1cc(N[O-])ccc1Cl. The van der Waals surface area contributed by atoms with Crippen molar-refractivity contribution in [2.45, 2.75) is 31.6 Å². The number of sulfonamides is 1. The van der Waals surface area contributed by atoms with Crippen molar-refractivity contribution in [3.8, 4) is 11.1 Å². The number of hydrogen-bond donors (Lipinski definition) is 3. The largest absolute Gasteiger partial charge is 0.761 e. The number of halogens is 1. The predicted octanol–water partition coefficient (Wildman–Crippen LogP) is 4.14. The molecule has 9 nitrogen and oxygen atoms in total. The first-order chi connectivity index (χ1) is 17.2. The number of benzene rings is 2. The molecule has 0 radical (unpaired) electrons. The van der Waals surface area contributed by atoms with Crippen molar-refractivity contribution in [2.24, 2.45) is 0 Å². The Labute approximate surface area is 211 Å². The number of aryl methyl sites for hydroxylation is 1. The highest BCUT2D eigenvalue weighted by Crippen LogP contribution is 2.36. The lowest BCUT2D eigenvalue weighted by atomic mass is 10.0. The van der Waals surface area contributed by atoms with Crippen LogP contribution in [0.5, 0.6) is 0 Å². The molecule has 36 heavy (non-hydrogen) atoms. The van der Waals surface area contributed by atoms with Gasteiger partial charge in [-0.3, -0.25) is 9.59 Å². The number of rotatable bonds is 7. The third-order valence-corrected chi connectivity index (χ3v) is 8.40. The van der Waals surface area contributed by atoms with Crippen molar-refractivity contribution in [1.29, 1.82) is 0 Å². The van der Waals surface area contributed by atoms with Crippen LogP contribution in [-0.4, -0.2) is 29.1 Å². The molecule has 1 saturated carbocycles. The molecule has 2 aromatic heterocycles. The second-order valence-corrected chi connectivity index (χ2v) is 11.2. The number of fused-ring (bicyclic) bond motifs is 1. The maximum atomic E-state index is 13.7. The van der Waals surface area contributed by atoms with E-state index in [-0.39, 0.29) is 23.5 Å². The van der Waals surface area contributed by atoms with Crippen LogP contribution in [0.3, 0.4) is 0 Å². The number of aromatic nitrogens is 2. The number of nitrogens with zero attached hydrogens (tertiary/aromatic N) is 1. The van der Waals surface area contributed by atoms with Crippen LogP contribution in [0.2, 0.25) is 5.02 Å². The van der Waals surface area contributed by atoms with Crippen LogP contribution in [0.1, 0.15) is 34.5 Å². The molecule has 3 N–H and O–H groups in total. The molecule has 0 atom stereocenters. The van der Waals surface area contributed by atoms with Gasteiger partial charge in [-0.25, -0.2) is 13.1 Å². The van der Waals surface area contributed by atoms with Crippen LogP contribution in [0.25, 0.3) is 22.0 Å². The van der Waals surface area contributed by atoms with E-state index < -0.39 is 26.7 Å². The van der Waals surface area contributed by atoms with Gasteiger partial charge in [-0.2, -0.15) is 0 Å². The van der Waals surface area contributed by atoms with Gasteiger partial charge in [0.1, 0.15) is 5.69 Å². The molecule has 11 heteroatoms. The lowest BCUT2D eigenvalue weighted by molar-refractivity contribution is 0.0974. The lowest BCUT2D eigenvalue weighted by Crippen LogP contribution is -2.35. The molecule has 4 aromatic rings. The van der Waals surface area contributed by atoms with Crippen LogP contribution >= 0.6 is 11.6 Å². The van der Waals surface area contributed by atoms with Gasteiger partial charge in [0.15, 0.2) is 0 Å². The molecule has 0 spiro atoms. The number of amides is 1. The average Bonchev–Trinajstić information content (AvgIpc) is 3.65. The molecule has 0 bridgehead atoms. The number of carbonyl (C=O) groups excluding carboxylic acids is 1. The van der Waals surface area contributed by atoms with Gasteiger partial charge >= 0.3 is 0 Å². The molecule has 0 aliphatic heterocycles. The first-order valence-corrected chi connectivity index (χ1v) is 13.2.